The molecule has 1 atom stereocenters. The summed E-state index contributed by atoms with van der Waals surface area (Å²) in [7, 11) is 3.40. The minimum absolute atomic E-state index is 0.149. The zero-order valence-electron chi connectivity index (χ0n) is 24.2. The molecule has 5 rings (SSSR count). The van der Waals surface area contributed by atoms with Crippen LogP contribution in [0.15, 0.2) is 94.5 Å². The van der Waals surface area contributed by atoms with E-state index in [9.17, 15) is 19.1 Å². The molecule has 0 saturated carbocycles. The molecule has 0 bridgehead atoms. The Labute approximate surface area is 257 Å². The van der Waals surface area contributed by atoms with Gasteiger partial charge in [0.1, 0.15) is 17.2 Å². The van der Waals surface area contributed by atoms with Gasteiger partial charge < -0.3 is 24.5 Å². The van der Waals surface area contributed by atoms with Gasteiger partial charge >= 0.3 is 0 Å². The number of amides is 2. The maximum Gasteiger partial charge on any atom is 0.255 e. The standard InChI is InChI=1S/C33H30FN5O4S/c1-36-33(42)30-25-16-23(28(39(2)44-3)17-29(25)43-31(30)20-9-12-22(34)13-10-20)21-11-14-26(38-35)24(15-21)32(41)37-27(18-40)19-7-5-4-6-8-19/h4-17,27,35,40H,18H2,1-3H3,(H,36,42)(H,37,41). The Bertz CT molecular complexity index is 1840. The third-order valence-electron chi connectivity index (χ3n) is 7.34. The molecule has 1 unspecified atom stereocenters. The fourth-order valence-corrected chi connectivity index (χ4v) is 5.36. The largest absolute Gasteiger partial charge is 0.455 e. The van der Waals surface area contributed by atoms with Crippen LogP contribution in [0, 0.1) is 11.3 Å². The van der Waals surface area contributed by atoms with Gasteiger partial charge in [-0.2, -0.15) is 5.11 Å². The van der Waals surface area contributed by atoms with Gasteiger partial charge in [-0.3, -0.25) is 9.59 Å². The van der Waals surface area contributed by atoms with Crippen LogP contribution in [0.2, 0.25) is 0 Å². The van der Waals surface area contributed by atoms with Crippen LogP contribution < -0.4 is 14.9 Å². The molecule has 11 heteroatoms. The summed E-state index contributed by atoms with van der Waals surface area (Å²) in [5.74, 6) is -0.989. The van der Waals surface area contributed by atoms with Crippen molar-refractivity contribution in [1.29, 1.82) is 5.53 Å². The minimum atomic E-state index is -0.661. The Balaban J connectivity index is 1.67. The maximum absolute atomic E-state index is 13.7. The van der Waals surface area contributed by atoms with Crippen molar-refractivity contribution in [2.75, 3.05) is 31.3 Å². The average molecular weight is 612 g/mol. The number of carbonyl (C=O) groups is 2. The van der Waals surface area contributed by atoms with E-state index in [4.69, 9.17) is 9.95 Å². The van der Waals surface area contributed by atoms with Crippen LogP contribution in [0.5, 0.6) is 0 Å². The number of nitrogens with one attached hydrogen (secondary N) is 3. The molecule has 1 heterocycles. The average Bonchev–Trinajstić information content (AvgIpc) is 3.44. The Morgan fingerprint density at radius 1 is 1.02 bits per heavy atom. The topological polar surface area (TPSA) is 131 Å². The van der Waals surface area contributed by atoms with Gasteiger partial charge in [0.2, 0.25) is 0 Å². The van der Waals surface area contributed by atoms with E-state index in [-0.39, 0.29) is 29.3 Å². The zero-order chi connectivity index (χ0) is 31.4. The molecule has 4 aromatic carbocycles. The molecule has 0 radical (unpaired) electrons. The van der Waals surface area contributed by atoms with Gasteiger partial charge in [0.05, 0.1) is 35.2 Å². The van der Waals surface area contributed by atoms with Crippen molar-refractivity contribution < 1.29 is 23.5 Å². The molecule has 4 N–H and O–H groups in total. The molecule has 0 aliphatic carbocycles. The van der Waals surface area contributed by atoms with Crippen LogP contribution in [-0.2, 0) is 0 Å². The second-order valence-electron chi connectivity index (χ2n) is 9.90. The van der Waals surface area contributed by atoms with Gasteiger partial charge in [-0.05, 0) is 53.6 Å². The monoisotopic (exact) mass is 611 g/mol. The van der Waals surface area contributed by atoms with E-state index in [1.807, 2.05) is 60.1 Å². The molecule has 224 valence electrons. The van der Waals surface area contributed by atoms with Crippen molar-refractivity contribution in [3.63, 3.8) is 0 Å². The van der Waals surface area contributed by atoms with Gasteiger partial charge in [-0.25, -0.2) is 9.92 Å². The molecule has 44 heavy (non-hydrogen) atoms. The Morgan fingerprint density at radius 3 is 2.36 bits per heavy atom. The van der Waals surface area contributed by atoms with Crippen molar-refractivity contribution in [3.8, 4) is 22.5 Å². The first-order valence-corrected chi connectivity index (χ1v) is 14.8. The normalized spacial score (nSPS) is 11.7. The van der Waals surface area contributed by atoms with Gasteiger partial charge in [-0.1, -0.05) is 48.3 Å². The van der Waals surface area contributed by atoms with Crippen molar-refractivity contribution in [2.45, 2.75) is 6.04 Å². The number of anilines is 1. The van der Waals surface area contributed by atoms with Crippen molar-refractivity contribution >= 4 is 46.1 Å². The number of halogens is 1. The number of carbonyl (C=O) groups excluding carboxylic acids is 2. The van der Waals surface area contributed by atoms with E-state index >= 15 is 0 Å². The number of benzene rings is 4. The summed E-state index contributed by atoms with van der Waals surface area (Å²) in [5.41, 5.74) is 12.1. The van der Waals surface area contributed by atoms with Crippen molar-refractivity contribution in [3.05, 3.63) is 107 Å². The molecule has 0 saturated heterocycles. The predicted molar refractivity (Wildman–Crippen MR) is 171 cm³/mol. The third-order valence-corrected chi connectivity index (χ3v) is 8.09. The van der Waals surface area contributed by atoms with Crippen LogP contribution in [0.3, 0.4) is 0 Å². The molecule has 1 aromatic heterocycles. The maximum atomic E-state index is 13.7. The zero-order valence-corrected chi connectivity index (χ0v) is 25.0. The molecule has 0 aliphatic heterocycles. The summed E-state index contributed by atoms with van der Waals surface area (Å²) in [6.07, 6.45) is 1.91. The van der Waals surface area contributed by atoms with Crippen LogP contribution in [0.1, 0.15) is 32.3 Å². The quantitative estimate of drug-likeness (QED) is 0.0984. The lowest BCUT2D eigenvalue weighted by Gasteiger charge is -2.21. The number of furan rings is 1. The van der Waals surface area contributed by atoms with E-state index in [2.05, 4.69) is 15.7 Å². The van der Waals surface area contributed by atoms with Crippen molar-refractivity contribution in [2.24, 2.45) is 5.11 Å². The third kappa shape index (κ3) is 5.92. The summed E-state index contributed by atoms with van der Waals surface area (Å²) >= 11 is 1.46. The second-order valence-corrected chi connectivity index (χ2v) is 10.8. The highest BCUT2D eigenvalue weighted by Crippen LogP contribution is 2.42. The predicted octanol–water partition coefficient (Wildman–Crippen LogP) is 7.11. The van der Waals surface area contributed by atoms with E-state index < -0.39 is 17.8 Å². The number of aliphatic hydroxyl groups is 1. The first-order valence-electron chi connectivity index (χ1n) is 13.6. The Kier molecular flexibility index (Phi) is 9.07. The summed E-state index contributed by atoms with van der Waals surface area (Å²) in [6.45, 7) is -0.318. The van der Waals surface area contributed by atoms with E-state index in [1.165, 1.54) is 31.1 Å². The fraction of sp³-hybridized carbons (Fsp3) is 0.152. The summed E-state index contributed by atoms with van der Waals surface area (Å²) < 4.78 is 21.8. The summed E-state index contributed by atoms with van der Waals surface area (Å²) in [6, 6.07) is 22.8. The number of hydrogen-bond acceptors (Lipinski definition) is 8. The van der Waals surface area contributed by atoms with Crippen LogP contribution >= 0.6 is 11.9 Å². The van der Waals surface area contributed by atoms with E-state index in [0.29, 0.717) is 33.4 Å². The van der Waals surface area contributed by atoms with Gasteiger partial charge in [0, 0.05) is 42.9 Å². The first-order chi connectivity index (χ1) is 21.3. The number of nitrogens with zero attached hydrogens (tertiary/aromatic N) is 2. The highest BCUT2D eigenvalue weighted by Gasteiger charge is 2.25. The second kappa shape index (κ2) is 13.1. The summed E-state index contributed by atoms with van der Waals surface area (Å²) in [5, 5.41) is 19.6. The SMILES string of the molecule is CNC(=O)c1c(-c2ccc(F)cc2)oc2cc(N(C)SC)c(-c3ccc(N=N)c(C(=O)NC(CO)c4ccccc4)c3)cc12. The lowest BCUT2D eigenvalue weighted by atomic mass is 9.96. The van der Waals surface area contributed by atoms with Gasteiger partial charge in [0.25, 0.3) is 11.8 Å². The highest BCUT2D eigenvalue weighted by molar-refractivity contribution is 7.99. The molecule has 2 amide bonds. The lowest BCUT2D eigenvalue weighted by molar-refractivity contribution is 0.0915. The van der Waals surface area contributed by atoms with E-state index in [1.54, 1.807) is 30.3 Å². The van der Waals surface area contributed by atoms with Crippen molar-refractivity contribution in [1.82, 2.24) is 10.6 Å². The molecule has 0 fully saturated rings. The van der Waals surface area contributed by atoms with E-state index in [0.717, 1.165) is 11.3 Å². The Morgan fingerprint density at radius 2 is 1.73 bits per heavy atom. The number of fused-ring (bicyclic) bond motifs is 1. The molecule has 9 nitrogen and oxygen atoms in total. The smallest absolute Gasteiger partial charge is 0.255 e. The van der Waals surface area contributed by atoms with Crippen LogP contribution in [-0.4, -0.2) is 43.9 Å². The van der Waals surface area contributed by atoms with Gasteiger partial charge in [-0.15, -0.1) is 0 Å². The molecule has 0 spiro atoms. The first kappa shape index (κ1) is 30.5. The molecule has 0 aliphatic rings. The lowest BCUT2D eigenvalue weighted by Crippen LogP contribution is -2.30. The number of hydrogen-bond donors (Lipinski definition) is 4. The van der Waals surface area contributed by atoms with Crippen LogP contribution in [0.4, 0.5) is 15.8 Å². The molecular formula is C33H30FN5O4S. The number of aliphatic hydroxyl groups excluding tert-OH is 1. The fourth-order valence-electron chi connectivity index (χ4n) is 5.02. The Hall–Kier alpha value is -5.00. The minimum Gasteiger partial charge on any atom is -0.455 e. The number of rotatable bonds is 10. The molecular weight excluding hydrogens is 581 g/mol. The molecule has 5 aromatic rings. The van der Waals surface area contributed by atoms with Gasteiger partial charge in [0.15, 0.2) is 0 Å². The highest BCUT2D eigenvalue weighted by atomic mass is 32.2. The van der Waals surface area contributed by atoms with Crippen LogP contribution in [0.25, 0.3) is 33.4 Å². The summed E-state index contributed by atoms with van der Waals surface area (Å²) in [4.78, 5) is 26.7.